The summed E-state index contributed by atoms with van der Waals surface area (Å²) in [5.41, 5.74) is 0. The minimum atomic E-state index is 0.702. The van der Waals surface area contributed by atoms with E-state index in [9.17, 15) is 0 Å². The van der Waals surface area contributed by atoms with Gasteiger partial charge in [-0.2, -0.15) is 0 Å². The van der Waals surface area contributed by atoms with Crippen molar-refractivity contribution in [2.75, 3.05) is 13.1 Å². The molecule has 1 saturated heterocycles. The van der Waals surface area contributed by atoms with Gasteiger partial charge in [-0.15, -0.1) is 0 Å². The topological polar surface area (TPSA) is 15.3 Å². The van der Waals surface area contributed by atoms with Crippen LogP contribution in [0.4, 0.5) is 0 Å². The maximum atomic E-state index is 3.77. The highest BCUT2D eigenvalue weighted by Gasteiger charge is 2.27. The number of likely N-dealkylation sites (tertiary alicyclic amines) is 1. The Kier molecular flexibility index (Phi) is 4.87. The van der Waals surface area contributed by atoms with Gasteiger partial charge in [0, 0.05) is 31.2 Å². The third-order valence-electron chi connectivity index (χ3n) is 4.79. The Morgan fingerprint density at radius 3 is 2.53 bits per heavy atom. The largest absolute Gasteiger partial charge is 0.312 e. The first kappa shape index (κ1) is 13.4. The maximum Gasteiger partial charge on any atom is 0.0195 e. The van der Waals surface area contributed by atoms with Crippen molar-refractivity contribution in [3.8, 4) is 0 Å². The lowest BCUT2D eigenvalue weighted by Crippen LogP contribution is -2.50. The van der Waals surface area contributed by atoms with Crippen LogP contribution in [0.2, 0.25) is 0 Å². The zero-order valence-electron chi connectivity index (χ0n) is 11.9. The Hall–Kier alpha value is -0.0800. The fraction of sp³-hybridized carbons (Fsp3) is 1.00. The van der Waals surface area contributed by atoms with Gasteiger partial charge in [0.25, 0.3) is 0 Å². The van der Waals surface area contributed by atoms with E-state index >= 15 is 0 Å². The Balaban J connectivity index is 1.75. The molecule has 0 bridgehead atoms. The van der Waals surface area contributed by atoms with Crippen molar-refractivity contribution in [2.45, 2.75) is 77.4 Å². The SMILES string of the molecule is CC1CCC(C)N(C(C)CNC2CCCC2)C1. The summed E-state index contributed by atoms with van der Waals surface area (Å²) in [4.78, 5) is 2.72. The number of nitrogens with one attached hydrogen (secondary N) is 1. The summed E-state index contributed by atoms with van der Waals surface area (Å²) in [5.74, 6) is 0.889. The van der Waals surface area contributed by atoms with Crippen molar-refractivity contribution in [2.24, 2.45) is 5.92 Å². The standard InChI is InChI=1S/C15H30N2/c1-12-8-9-13(2)17(11-12)14(3)10-16-15-6-4-5-7-15/h12-16H,4-11H2,1-3H3. The van der Waals surface area contributed by atoms with Crippen LogP contribution < -0.4 is 5.32 Å². The second-order valence-corrected chi connectivity index (χ2v) is 6.47. The van der Waals surface area contributed by atoms with Crippen molar-refractivity contribution in [3.05, 3.63) is 0 Å². The molecule has 1 aliphatic carbocycles. The van der Waals surface area contributed by atoms with Crippen LogP contribution in [0.15, 0.2) is 0 Å². The van der Waals surface area contributed by atoms with Crippen LogP contribution in [0.1, 0.15) is 59.3 Å². The van der Waals surface area contributed by atoms with Crippen molar-refractivity contribution < 1.29 is 0 Å². The van der Waals surface area contributed by atoms with E-state index in [1.807, 2.05) is 0 Å². The molecule has 0 aromatic heterocycles. The van der Waals surface area contributed by atoms with Crippen LogP contribution in [0.5, 0.6) is 0 Å². The van der Waals surface area contributed by atoms with E-state index in [0.717, 1.165) is 18.0 Å². The molecule has 2 fully saturated rings. The van der Waals surface area contributed by atoms with Gasteiger partial charge in [0.2, 0.25) is 0 Å². The number of rotatable bonds is 4. The minimum Gasteiger partial charge on any atom is -0.312 e. The van der Waals surface area contributed by atoms with Gasteiger partial charge in [-0.3, -0.25) is 4.90 Å². The molecule has 0 spiro atoms. The molecule has 2 aliphatic rings. The molecule has 0 radical (unpaired) electrons. The van der Waals surface area contributed by atoms with Gasteiger partial charge in [0.15, 0.2) is 0 Å². The van der Waals surface area contributed by atoms with Gasteiger partial charge in [-0.25, -0.2) is 0 Å². The summed E-state index contributed by atoms with van der Waals surface area (Å²) in [5, 5.41) is 3.77. The Bertz CT molecular complexity index is 223. The van der Waals surface area contributed by atoms with Crippen LogP contribution >= 0.6 is 0 Å². The van der Waals surface area contributed by atoms with Crippen molar-refractivity contribution in [1.82, 2.24) is 10.2 Å². The molecule has 2 nitrogen and oxygen atoms in total. The van der Waals surface area contributed by atoms with E-state index < -0.39 is 0 Å². The van der Waals surface area contributed by atoms with Crippen molar-refractivity contribution in [3.63, 3.8) is 0 Å². The first-order valence-electron chi connectivity index (χ1n) is 7.66. The first-order chi connectivity index (χ1) is 8.16. The zero-order chi connectivity index (χ0) is 12.3. The molecule has 0 amide bonds. The summed E-state index contributed by atoms with van der Waals surface area (Å²) in [7, 11) is 0. The summed E-state index contributed by atoms with van der Waals surface area (Å²) < 4.78 is 0. The van der Waals surface area contributed by atoms with Crippen LogP contribution in [-0.2, 0) is 0 Å². The fourth-order valence-electron chi connectivity index (χ4n) is 3.52. The van der Waals surface area contributed by atoms with Crippen molar-refractivity contribution >= 4 is 0 Å². The average Bonchev–Trinajstić information content (AvgIpc) is 2.82. The van der Waals surface area contributed by atoms with Crippen molar-refractivity contribution in [1.29, 1.82) is 0 Å². The van der Waals surface area contributed by atoms with Crippen LogP contribution in [0, 0.1) is 5.92 Å². The summed E-state index contributed by atoms with van der Waals surface area (Å²) >= 11 is 0. The molecule has 2 heteroatoms. The normalized spacial score (nSPS) is 34.1. The third kappa shape index (κ3) is 3.69. The van der Waals surface area contributed by atoms with E-state index in [4.69, 9.17) is 0 Å². The lowest BCUT2D eigenvalue weighted by molar-refractivity contribution is 0.0828. The quantitative estimate of drug-likeness (QED) is 0.810. The lowest BCUT2D eigenvalue weighted by Gasteiger charge is -2.41. The Labute approximate surface area is 107 Å². The molecule has 1 saturated carbocycles. The van der Waals surface area contributed by atoms with Gasteiger partial charge >= 0.3 is 0 Å². The van der Waals surface area contributed by atoms with Gasteiger partial charge in [-0.1, -0.05) is 19.8 Å². The van der Waals surface area contributed by atoms with Crippen LogP contribution in [0.3, 0.4) is 0 Å². The number of hydrogen-bond acceptors (Lipinski definition) is 2. The highest BCUT2D eigenvalue weighted by molar-refractivity contribution is 4.83. The number of nitrogens with zero attached hydrogens (tertiary/aromatic N) is 1. The molecule has 3 unspecified atom stereocenters. The molecule has 0 aromatic rings. The Morgan fingerprint density at radius 1 is 1.12 bits per heavy atom. The average molecular weight is 238 g/mol. The lowest BCUT2D eigenvalue weighted by atomic mass is 9.93. The summed E-state index contributed by atoms with van der Waals surface area (Å²) in [6.07, 6.45) is 8.47. The molecular weight excluding hydrogens is 208 g/mol. The van der Waals surface area contributed by atoms with Gasteiger partial charge in [-0.05, 0) is 45.4 Å². The van der Waals surface area contributed by atoms with Crippen LogP contribution in [-0.4, -0.2) is 36.1 Å². The predicted octanol–water partition coefficient (Wildman–Crippen LogP) is 3.03. The number of piperidine rings is 1. The predicted molar refractivity (Wildman–Crippen MR) is 74.3 cm³/mol. The van der Waals surface area contributed by atoms with Gasteiger partial charge < -0.3 is 5.32 Å². The second-order valence-electron chi connectivity index (χ2n) is 6.47. The molecule has 100 valence electrons. The van der Waals surface area contributed by atoms with E-state index in [1.54, 1.807) is 0 Å². The molecule has 1 heterocycles. The minimum absolute atomic E-state index is 0.702. The Morgan fingerprint density at radius 2 is 1.82 bits per heavy atom. The highest BCUT2D eigenvalue weighted by atomic mass is 15.2. The molecule has 2 rings (SSSR count). The van der Waals surface area contributed by atoms with E-state index in [1.165, 1.54) is 51.6 Å². The second kappa shape index (κ2) is 6.19. The molecule has 17 heavy (non-hydrogen) atoms. The zero-order valence-corrected chi connectivity index (χ0v) is 11.9. The fourth-order valence-corrected chi connectivity index (χ4v) is 3.52. The first-order valence-corrected chi connectivity index (χ1v) is 7.66. The van der Waals surface area contributed by atoms with E-state index in [-0.39, 0.29) is 0 Å². The third-order valence-corrected chi connectivity index (χ3v) is 4.79. The molecule has 1 aliphatic heterocycles. The summed E-state index contributed by atoms with van der Waals surface area (Å²) in [6.45, 7) is 9.68. The molecule has 0 aromatic carbocycles. The van der Waals surface area contributed by atoms with E-state index in [0.29, 0.717) is 6.04 Å². The van der Waals surface area contributed by atoms with Gasteiger partial charge in [0.05, 0.1) is 0 Å². The van der Waals surface area contributed by atoms with Crippen LogP contribution in [0.25, 0.3) is 0 Å². The summed E-state index contributed by atoms with van der Waals surface area (Å²) in [6, 6.07) is 2.30. The number of hydrogen-bond donors (Lipinski definition) is 1. The van der Waals surface area contributed by atoms with Gasteiger partial charge in [0.1, 0.15) is 0 Å². The monoisotopic (exact) mass is 238 g/mol. The van der Waals surface area contributed by atoms with E-state index in [2.05, 4.69) is 31.0 Å². The highest BCUT2D eigenvalue weighted by Crippen LogP contribution is 2.23. The molecule has 3 atom stereocenters. The molecular formula is C15H30N2. The maximum absolute atomic E-state index is 3.77. The molecule has 1 N–H and O–H groups in total. The smallest absolute Gasteiger partial charge is 0.0195 e.